The first-order valence-electron chi connectivity index (χ1n) is 9.01. The number of aliphatic carboxylic acids is 1. The largest absolute Gasteiger partial charge is 0.511 e. The zero-order chi connectivity index (χ0) is 21.6. The van der Waals surface area contributed by atoms with E-state index in [-0.39, 0.29) is 18.6 Å². The Labute approximate surface area is 170 Å². The molecule has 0 aliphatic heterocycles. The molecule has 0 aliphatic rings. The average Bonchev–Trinajstić information content (AvgIpc) is 2.61. The van der Waals surface area contributed by atoms with Crippen molar-refractivity contribution in [2.24, 2.45) is 0 Å². The predicted molar refractivity (Wildman–Crippen MR) is 110 cm³/mol. The van der Waals surface area contributed by atoms with Crippen molar-refractivity contribution in [2.45, 2.75) is 33.3 Å². The van der Waals surface area contributed by atoms with Crippen molar-refractivity contribution >= 4 is 14.0 Å². The highest BCUT2D eigenvalue weighted by Gasteiger charge is 2.24. The Bertz CT molecular complexity index is 991. The second-order valence-electron chi connectivity index (χ2n) is 6.81. The molecule has 2 N–H and O–H groups in total. The number of hydrogen-bond donors (Lipinski definition) is 2. The van der Waals surface area contributed by atoms with Crippen LogP contribution in [0.5, 0.6) is 0 Å². The van der Waals surface area contributed by atoms with E-state index in [1.54, 1.807) is 19.1 Å². The number of carbonyl (C=O) groups is 1. The Morgan fingerprint density at radius 2 is 1.93 bits per heavy atom. The van der Waals surface area contributed by atoms with E-state index in [1.165, 1.54) is 6.07 Å². The Morgan fingerprint density at radius 3 is 2.59 bits per heavy atom. The molecule has 2 atom stereocenters. The Morgan fingerprint density at radius 1 is 1.21 bits per heavy atom. The van der Waals surface area contributed by atoms with Crippen molar-refractivity contribution < 1.29 is 28.5 Å². The van der Waals surface area contributed by atoms with Crippen molar-refractivity contribution in [3.63, 3.8) is 0 Å². The Hall–Kier alpha value is -2.58. The molecule has 0 saturated carbocycles. The fourth-order valence-corrected chi connectivity index (χ4v) is 3.68. The second-order valence-corrected chi connectivity index (χ2v) is 8.10. The van der Waals surface area contributed by atoms with Gasteiger partial charge in [0.15, 0.2) is 6.61 Å². The summed E-state index contributed by atoms with van der Waals surface area (Å²) in [6, 6.07) is 8.88. The van der Waals surface area contributed by atoms with E-state index in [1.807, 2.05) is 26.0 Å². The lowest BCUT2D eigenvalue weighted by Crippen LogP contribution is -2.15. The van der Waals surface area contributed by atoms with E-state index in [2.05, 4.69) is 11.8 Å². The van der Waals surface area contributed by atoms with Crippen LogP contribution in [0.4, 0.5) is 4.39 Å². The van der Waals surface area contributed by atoms with Crippen LogP contribution >= 0.6 is 8.03 Å². The van der Waals surface area contributed by atoms with Crippen LogP contribution in [0, 0.1) is 38.4 Å². The number of aryl methyl sites for hydroxylation is 3. The third-order valence-corrected chi connectivity index (χ3v) is 5.35. The van der Waals surface area contributed by atoms with Crippen LogP contribution in [-0.4, -0.2) is 35.1 Å². The van der Waals surface area contributed by atoms with Crippen molar-refractivity contribution in [3.05, 3.63) is 58.4 Å². The Balaban J connectivity index is 2.16. The summed E-state index contributed by atoms with van der Waals surface area (Å²) in [4.78, 5) is 10.5. The molecule has 2 aromatic rings. The summed E-state index contributed by atoms with van der Waals surface area (Å²) in [5.74, 6) is 4.41. The van der Waals surface area contributed by atoms with Gasteiger partial charge in [-0.3, -0.25) is 4.79 Å². The number of rotatable bonds is 7. The summed E-state index contributed by atoms with van der Waals surface area (Å²) in [5, 5.41) is 18.1. The minimum atomic E-state index is -2.21. The zero-order valence-corrected chi connectivity index (χ0v) is 17.4. The standard InChI is InChI=1S/C22H22FO5P/c1-14-9-15(2)19(20(10-14)17-6-7-21(23)16(3)11-17)5-4-8-28-29(27)13-18(24)12-22(25)26/h6-7,9-11,18,24H,8,12-13H2,1-3H3/p+1. The smallest absolute Gasteiger partial charge is 0.481 e. The molecule has 2 unspecified atom stereocenters. The molecule has 2 aromatic carbocycles. The van der Waals surface area contributed by atoms with Gasteiger partial charge >= 0.3 is 14.0 Å². The highest BCUT2D eigenvalue weighted by atomic mass is 31.1. The minimum absolute atomic E-state index is 0.121. The highest BCUT2D eigenvalue weighted by Crippen LogP contribution is 2.29. The first kappa shape index (κ1) is 22.7. The maximum Gasteiger partial charge on any atom is 0.511 e. The van der Waals surface area contributed by atoms with Gasteiger partial charge in [0, 0.05) is 5.56 Å². The van der Waals surface area contributed by atoms with Crippen molar-refractivity contribution in [2.75, 3.05) is 12.8 Å². The maximum atomic E-state index is 13.6. The van der Waals surface area contributed by atoms with Crippen LogP contribution in [0.25, 0.3) is 11.1 Å². The summed E-state index contributed by atoms with van der Waals surface area (Å²) >= 11 is 0. The highest BCUT2D eigenvalue weighted by molar-refractivity contribution is 7.39. The molecule has 0 bridgehead atoms. The first-order chi connectivity index (χ1) is 13.7. The van der Waals surface area contributed by atoms with Gasteiger partial charge in [0.25, 0.3) is 0 Å². The third-order valence-electron chi connectivity index (χ3n) is 4.21. The fourth-order valence-electron chi connectivity index (χ4n) is 2.89. The average molecular weight is 417 g/mol. The van der Waals surface area contributed by atoms with Gasteiger partial charge in [0.05, 0.1) is 6.42 Å². The molecule has 0 saturated heterocycles. The van der Waals surface area contributed by atoms with Gasteiger partial charge in [-0.2, -0.15) is 0 Å². The van der Waals surface area contributed by atoms with Crippen LogP contribution < -0.4 is 0 Å². The molecule has 0 fully saturated rings. The van der Waals surface area contributed by atoms with Gasteiger partial charge in [-0.05, 0) is 59.7 Å². The molecule has 0 aliphatic carbocycles. The number of carboxylic acid groups (broad SMARTS) is 1. The lowest BCUT2D eigenvalue weighted by molar-refractivity contribution is -0.138. The molecule has 0 spiro atoms. The first-order valence-corrected chi connectivity index (χ1v) is 10.4. The summed E-state index contributed by atoms with van der Waals surface area (Å²) < 4.78 is 30.5. The number of aliphatic hydroxyl groups excluding tert-OH is 1. The number of carboxylic acids is 1. The van der Waals surface area contributed by atoms with E-state index >= 15 is 0 Å². The van der Waals surface area contributed by atoms with Gasteiger partial charge < -0.3 is 10.2 Å². The summed E-state index contributed by atoms with van der Waals surface area (Å²) in [6.07, 6.45) is -1.97. The normalized spacial score (nSPS) is 12.1. The summed E-state index contributed by atoms with van der Waals surface area (Å²) in [7, 11) is -2.21. The molecular weight excluding hydrogens is 394 g/mol. The van der Waals surface area contributed by atoms with Gasteiger partial charge in [-0.25, -0.2) is 4.39 Å². The number of halogens is 1. The lowest BCUT2D eigenvalue weighted by Gasteiger charge is -2.11. The van der Waals surface area contributed by atoms with E-state index in [0.29, 0.717) is 5.56 Å². The quantitative estimate of drug-likeness (QED) is 0.517. The van der Waals surface area contributed by atoms with Crippen LogP contribution in [-0.2, 0) is 13.9 Å². The van der Waals surface area contributed by atoms with E-state index in [0.717, 1.165) is 27.8 Å². The molecule has 0 amide bonds. The minimum Gasteiger partial charge on any atom is -0.481 e. The summed E-state index contributed by atoms with van der Waals surface area (Å²) in [6.45, 7) is 5.49. The van der Waals surface area contributed by atoms with Crippen molar-refractivity contribution in [3.8, 4) is 23.0 Å². The number of aliphatic hydroxyl groups is 1. The SMILES string of the molecule is Cc1cc(C)c(C#CCO[P+](=O)CC(O)CC(=O)O)c(-c2ccc(F)c(C)c2)c1. The van der Waals surface area contributed by atoms with E-state index in [9.17, 15) is 18.9 Å². The van der Waals surface area contributed by atoms with Gasteiger partial charge in [0.2, 0.25) is 6.16 Å². The zero-order valence-electron chi connectivity index (χ0n) is 16.5. The molecule has 2 rings (SSSR count). The monoisotopic (exact) mass is 417 g/mol. The molecular formula is C22H23FO5P+. The molecule has 152 valence electrons. The molecule has 0 aromatic heterocycles. The van der Waals surface area contributed by atoms with E-state index in [4.69, 9.17) is 9.63 Å². The third kappa shape index (κ3) is 6.76. The molecule has 29 heavy (non-hydrogen) atoms. The molecule has 7 heteroatoms. The van der Waals surface area contributed by atoms with Crippen LogP contribution in [0.2, 0.25) is 0 Å². The Kier molecular flexibility index (Phi) is 8.04. The van der Waals surface area contributed by atoms with Crippen LogP contribution in [0.15, 0.2) is 30.3 Å². The van der Waals surface area contributed by atoms with E-state index < -0.39 is 26.5 Å². The van der Waals surface area contributed by atoms with Gasteiger partial charge in [0.1, 0.15) is 11.9 Å². The predicted octanol–water partition coefficient (Wildman–Crippen LogP) is 4.36. The number of hydrogen-bond acceptors (Lipinski definition) is 4. The van der Waals surface area contributed by atoms with Crippen molar-refractivity contribution in [1.82, 2.24) is 0 Å². The van der Waals surface area contributed by atoms with Gasteiger partial charge in [-0.15, -0.1) is 4.52 Å². The summed E-state index contributed by atoms with van der Waals surface area (Å²) in [5.41, 5.74) is 5.04. The molecule has 0 radical (unpaired) electrons. The molecule has 5 nitrogen and oxygen atoms in total. The number of benzene rings is 2. The van der Waals surface area contributed by atoms with Crippen LogP contribution in [0.3, 0.4) is 0 Å². The van der Waals surface area contributed by atoms with Gasteiger partial charge in [-0.1, -0.05) is 35.6 Å². The second kappa shape index (κ2) is 10.3. The lowest BCUT2D eigenvalue weighted by atomic mass is 9.93. The van der Waals surface area contributed by atoms with Crippen molar-refractivity contribution in [1.29, 1.82) is 0 Å². The molecule has 0 heterocycles. The maximum absolute atomic E-state index is 13.6. The van der Waals surface area contributed by atoms with Crippen LogP contribution in [0.1, 0.15) is 28.7 Å². The fraction of sp³-hybridized carbons (Fsp3) is 0.318. The topological polar surface area (TPSA) is 83.8 Å².